The quantitative estimate of drug-likeness (QED) is 0.151. The smallest absolute Gasteiger partial charge is 0.313 e. The number of halogens is 1. The third kappa shape index (κ3) is 7.73. The van der Waals surface area contributed by atoms with Crippen molar-refractivity contribution in [2.75, 3.05) is 31.1 Å². The normalized spacial score (nSPS) is 13.2. The summed E-state index contributed by atoms with van der Waals surface area (Å²) in [5, 5.41) is 13.9. The van der Waals surface area contributed by atoms with E-state index in [2.05, 4.69) is 20.4 Å². The number of ether oxygens (including phenoxy) is 1. The Morgan fingerprint density at radius 3 is 2.63 bits per heavy atom. The van der Waals surface area contributed by atoms with E-state index >= 15 is 0 Å². The maximum absolute atomic E-state index is 15.0. The molecule has 1 aromatic carbocycles. The van der Waals surface area contributed by atoms with Crippen molar-refractivity contribution < 1.29 is 23.6 Å². The Labute approximate surface area is 202 Å². The maximum Gasteiger partial charge on any atom is 0.313 e. The average molecular weight is 486 g/mol. The van der Waals surface area contributed by atoms with E-state index in [-0.39, 0.29) is 30.3 Å². The van der Waals surface area contributed by atoms with Crippen molar-refractivity contribution in [3.63, 3.8) is 0 Å². The molecule has 0 unspecified atom stereocenters. The summed E-state index contributed by atoms with van der Waals surface area (Å²) in [6.45, 7) is 3.25. The Bertz CT molecular complexity index is 1080. The lowest BCUT2D eigenvalue weighted by atomic mass is 10.0. The summed E-state index contributed by atoms with van der Waals surface area (Å²) < 4.78 is 20.0. The molecule has 11 nitrogen and oxygen atoms in total. The highest BCUT2D eigenvalue weighted by Gasteiger charge is 2.19. The topological polar surface area (TPSA) is 156 Å². The van der Waals surface area contributed by atoms with Crippen molar-refractivity contribution in [2.45, 2.75) is 32.8 Å². The number of nitrogens with one attached hydrogen (secondary N) is 2. The number of esters is 1. The number of oxime groups is 1. The fraction of sp³-hybridized carbons (Fsp3) is 0.391. The molecule has 35 heavy (non-hydrogen) atoms. The molecule has 4 N–H and O–H groups in total. The first-order valence-corrected chi connectivity index (χ1v) is 11.1. The van der Waals surface area contributed by atoms with Crippen LogP contribution in [-0.4, -0.2) is 59.6 Å². The zero-order valence-electron chi connectivity index (χ0n) is 19.4. The zero-order valence-corrected chi connectivity index (χ0v) is 19.4. The second kappa shape index (κ2) is 12.4. The van der Waals surface area contributed by atoms with Crippen LogP contribution in [0, 0.1) is 11.2 Å². The first-order valence-electron chi connectivity index (χ1n) is 11.1. The number of amides is 1. The highest BCUT2D eigenvalue weighted by Crippen LogP contribution is 2.26. The third-order valence-electron chi connectivity index (χ3n) is 5.14. The molecular formula is C23H28FN7O4. The van der Waals surface area contributed by atoms with Crippen LogP contribution in [0.15, 0.2) is 35.7 Å². The van der Waals surface area contributed by atoms with Gasteiger partial charge in [-0.1, -0.05) is 23.4 Å². The predicted octanol–water partition coefficient (Wildman–Crippen LogP) is 1.76. The van der Waals surface area contributed by atoms with Crippen LogP contribution in [0.2, 0.25) is 0 Å². The summed E-state index contributed by atoms with van der Waals surface area (Å²) in [4.78, 5) is 38.5. The Kier molecular flexibility index (Phi) is 9.04. The van der Waals surface area contributed by atoms with E-state index in [4.69, 9.17) is 20.7 Å². The number of piperidine rings is 1. The first-order chi connectivity index (χ1) is 16.8. The van der Waals surface area contributed by atoms with Crippen molar-refractivity contribution in [3.8, 4) is 11.1 Å². The third-order valence-corrected chi connectivity index (χ3v) is 5.14. The van der Waals surface area contributed by atoms with E-state index in [1.807, 2.05) is 4.90 Å². The summed E-state index contributed by atoms with van der Waals surface area (Å²) in [6.07, 6.45) is 4.17. The number of rotatable bonds is 10. The maximum atomic E-state index is 15.0. The number of benzene rings is 1. The van der Waals surface area contributed by atoms with Crippen LogP contribution in [0.3, 0.4) is 0 Å². The average Bonchev–Trinajstić information content (AvgIpc) is 2.83. The molecule has 12 heteroatoms. The largest absolute Gasteiger partial charge is 0.460 e. The summed E-state index contributed by atoms with van der Waals surface area (Å²) in [5.74, 6) is -1.11. The lowest BCUT2D eigenvalue weighted by Gasteiger charge is -2.27. The molecule has 2 aromatic rings. The number of carbonyl (C=O) groups is 2. The monoisotopic (exact) mass is 485 g/mol. The minimum Gasteiger partial charge on any atom is -0.460 e. The fourth-order valence-corrected chi connectivity index (χ4v) is 3.37. The van der Waals surface area contributed by atoms with Crippen LogP contribution < -0.4 is 16.0 Å². The van der Waals surface area contributed by atoms with Gasteiger partial charge < -0.3 is 25.5 Å². The van der Waals surface area contributed by atoms with Crippen LogP contribution in [-0.2, 0) is 25.8 Å². The van der Waals surface area contributed by atoms with E-state index in [1.54, 1.807) is 24.5 Å². The van der Waals surface area contributed by atoms with Crippen LogP contribution in [0.25, 0.3) is 11.1 Å². The molecule has 0 aliphatic carbocycles. The number of hydrogen-bond donors (Lipinski definition) is 3. The lowest BCUT2D eigenvalue weighted by molar-refractivity contribution is -0.143. The molecule has 0 saturated carbocycles. The molecule has 1 aliphatic rings. The number of amidine groups is 1. The molecule has 0 spiro atoms. The molecule has 1 amide bonds. The number of hydrogen-bond acceptors (Lipinski definition) is 9. The Balaban J connectivity index is 1.55. The van der Waals surface area contributed by atoms with Crippen molar-refractivity contribution in [1.29, 1.82) is 5.41 Å². The van der Waals surface area contributed by atoms with Gasteiger partial charge in [-0.25, -0.2) is 14.4 Å². The standard InChI is InChI=1S/C23H28FN7O4/c1-15(32)27-7-10-35-30-18-5-8-31(9-6-18)23-28-12-17(13-29-23)19-4-2-3-16(22(19)24)14-34-21(33)11-20(25)26/h2-4,12-13H,5-11,14H2,1H3,(H3,25,26)(H,27,32). The lowest BCUT2D eigenvalue weighted by Crippen LogP contribution is -2.35. The van der Waals surface area contributed by atoms with Crippen molar-refractivity contribution >= 4 is 29.4 Å². The summed E-state index contributed by atoms with van der Waals surface area (Å²) in [5.41, 5.74) is 7.09. The van der Waals surface area contributed by atoms with Crippen LogP contribution in [0.1, 0.15) is 31.7 Å². The number of aromatic nitrogens is 2. The summed E-state index contributed by atoms with van der Waals surface area (Å²) in [6, 6.07) is 4.78. The first kappa shape index (κ1) is 25.5. The van der Waals surface area contributed by atoms with Crippen LogP contribution in [0.4, 0.5) is 10.3 Å². The molecule has 0 radical (unpaired) electrons. The van der Waals surface area contributed by atoms with Crippen LogP contribution >= 0.6 is 0 Å². The van der Waals surface area contributed by atoms with Gasteiger partial charge in [-0.3, -0.25) is 15.0 Å². The molecule has 186 valence electrons. The number of anilines is 1. The van der Waals surface area contributed by atoms with Crippen molar-refractivity contribution in [2.24, 2.45) is 10.9 Å². The van der Waals surface area contributed by atoms with E-state index in [1.165, 1.54) is 13.0 Å². The van der Waals surface area contributed by atoms with Crippen molar-refractivity contribution in [1.82, 2.24) is 15.3 Å². The minimum atomic E-state index is -0.693. The zero-order chi connectivity index (χ0) is 25.2. The Morgan fingerprint density at radius 1 is 1.26 bits per heavy atom. The van der Waals surface area contributed by atoms with Gasteiger partial charge in [0.1, 0.15) is 31.3 Å². The second-order valence-electron chi connectivity index (χ2n) is 7.87. The van der Waals surface area contributed by atoms with E-state index in [0.29, 0.717) is 56.2 Å². The Morgan fingerprint density at radius 2 is 1.97 bits per heavy atom. The molecule has 3 rings (SSSR count). The molecule has 0 atom stereocenters. The number of nitrogens with zero attached hydrogens (tertiary/aromatic N) is 4. The molecular weight excluding hydrogens is 457 g/mol. The van der Waals surface area contributed by atoms with E-state index in [9.17, 15) is 14.0 Å². The number of carbonyl (C=O) groups excluding carboxylic acids is 2. The Hall–Kier alpha value is -4.09. The van der Waals surface area contributed by atoms with Crippen LogP contribution in [0.5, 0.6) is 0 Å². The predicted molar refractivity (Wildman–Crippen MR) is 127 cm³/mol. The summed E-state index contributed by atoms with van der Waals surface area (Å²) >= 11 is 0. The second-order valence-corrected chi connectivity index (χ2v) is 7.87. The van der Waals surface area contributed by atoms with Gasteiger partial charge >= 0.3 is 5.97 Å². The summed E-state index contributed by atoms with van der Waals surface area (Å²) in [7, 11) is 0. The number of nitrogens with two attached hydrogens (primary N) is 1. The highest BCUT2D eigenvalue weighted by molar-refractivity contribution is 5.94. The minimum absolute atomic E-state index is 0.109. The fourth-order valence-electron chi connectivity index (χ4n) is 3.37. The van der Waals surface area contributed by atoms with Gasteiger partial charge in [0.25, 0.3) is 0 Å². The SMILES string of the molecule is CC(=O)NCCON=C1CCN(c2ncc(-c3cccc(COC(=O)CC(=N)N)c3F)cn2)CC1. The molecule has 1 aliphatic heterocycles. The van der Waals surface area contributed by atoms with E-state index in [0.717, 1.165) is 5.71 Å². The van der Waals surface area contributed by atoms with Crippen molar-refractivity contribution in [3.05, 3.63) is 42.0 Å². The highest BCUT2D eigenvalue weighted by atomic mass is 19.1. The molecule has 0 bridgehead atoms. The van der Waals surface area contributed by atoms with Gasteiger partial charge in [-0.05, 0) is 0 Å². The van der Waals surface area contributed by atoms with E-state index < -0.39 is 11.8 Å². The van der Waals surface area contributed by atoms with Gasteiger partial charge in [0.15, 0.2) is 0 Å². The molecule has 1 fully saturated rings. The van der Waals surface area contributed by atoms with Gasteiger partial charge in [0.05, 0.1) is 12.3 Å². The van der Waals surface area contributed by atoms with Gasteiger partial charge in [-0.15, -0.1) is 0 Å². The van der Waals surface area contributed by atoms with Gasteiger partial charge in [-0.2, -0.15) is 0 Å². The molecule has 2 heterocycles. The van der Waals surface area contributed by atoms with Gasteiger partial charge in [0.2, 0.25) is 11.9 Å². The van der Waals surface area contributed by atoms with Gasteiger partial charge in [0, 0.05) is 61.9 Å². The molecule has 1 aromatic heterocycles. The molecule has 1 saturated heterocycles.